The maximum Gasteiger partial charge on any atom is 0.236 e. The van der Waals surface area contributed by atoms with E-state index in [0.29, 0.717) is 26.1 Å². The number of rotatable bonds is 4. The van der Waals surface area contributed by atoms with Gasteiger partial charge < -0.3 is 16.0 Å². The summed E-state index contributed by atoms with van der Waals surface area (Å²) >= 11 is 0. The van der Waals surface area contributed by atoms with Crippen LogP contribution in [0.1, 0.15) is 12.0 Å². The van der Waals surface area contributed by atoms with Crippen molar-refractivity contribution in [2.45, 2.75) is 18.9 Å². The molecule has 5 heteroatoms. The van der Waals surface area contributed by atoms with E-state index in [1.807, 2.05) is 30.3 Å². The van der Waals surface area contributed by atoms with E-state index in [4.69, 9.17) is 5.73 Å². The molecule has 1 fully saturated rings. The Morgan fingerprint density at radius 1 is 1.32 bits per heavy atom. The predicted octanol–water partition coefficient (Wildman–Crippen LogP) is -0.0951. The number of primary amides is 1. The lowest BCUT2D eigenvalue weighted by atomic mass is 10.1. The van der Waals surface area contributed by atoms with Crippen LogP contribution in [0.3, 0.4) is 0 Å². The molecule has 1 saturated heterocycles. The van der Waals surface area contributed by atoms with Gasteiger partial charge in [0, 0.05) is 26.1 Å². The first-order chi connectivity index (χ1) is 9.16. The number of nitrogens with zero attached hydrogens (tertiary/aromatic N) is 1. The summed E-state index contributed by atoms with van der Waals surface area (Å²) in [6.45, 7) is 1.63. The van der Waals surface area contributed by atoms with Crippen LogP contribution in [0.25, 0.3) is 0 Å². The average Bonchev–Trinajstić information content (AvgIpc) is 2.46. The highest BCUT2D eigenvalue weighted by atomic mass is 16.2. The zero-order valence-electron chi connectivity index (χ0n) is 10.8. The van der Waals surface area contributed by atoms with Crippen molar-refractivity contribution in [3.05, 3.63) is 35.9 Å². The third-order valence-electron chi connectivity index (χ3n) is 3.34. The van der Waals surface area contributed by atoms with Gasteiger partial charge in [-0.05, 0) is 12.0 Å². The Balaban J connectivity index is 1.84. The molecule has 3 N–H and O–H groups in total. The lowest BCUT2D eigenvalue weighted by Gasteiger charge is -2.32. The number of nitrogens with two attached hydrogens (primary N) is 1. The van der Waals surface area contributed by atoms with Crippen LogP contribution in [-0.4, -0.2) is 42.4 Å². The summed E-state index contributed by atoms with van der Waals surface area (Å²) in [5.41, 5.74) is 6.41. The smallest absolute Gasteiger partial charge is 0.236 e. The van der Waals surface area contributed by atoms with Gasteiger partial charge in [-0.1, -0.05) is 30.3 Å². The van der Waals surface area contributed by atoms with Crippen LogP contribution in [0.4, 0.5) is 0 Å². The van der Waals surface area contributed by atoms with Crippen LogP contribution in [0.2, 0.25) is 0 Å². The maximum atomic E-state index is 12.1. The summed E-state index contributed by atoms with van der Waals surface area (Å²) in [6.07, 6.45) is 1.19. The highest BCUT2D eigenvalue weighted by molar-refractivity contribution is 5.82. The van der Waals surface area contributed by atoms with Gasteiger partial charge in [-0.25, -0.2) is 0 Å². The molecule has 1 aromatic rings. The monoisotopic (exact) mass is 261 g/mol. The Morgan fingerprint density at radius 2 is 2.05 bits per heavy atom. The number of hydrogen-bond donors (Lipinski definition) is 2. The number of carbonyl (C=O) groups excluding carboxylic acids is 2. The highest BCUT2D eigenvalue weighted by Crippen LogP contribution is 2.07. The summed E-state index contributed by atoms with van der Waals surface area (Å²) in [5.74, 6) is -0.322. The topological polar surface area (TPSA) is 75.4 Å². The van der Waals surface area contributed by atoms with E-state index < -0.39 is 11.9 Å². The summed E-state index contributed by atoms with van der Waals surface area (Å²) in [5, 5.41) is 3.01. The van der Waals surface area contributed by atoms with E-state index in [1.54, 1.807) is 4.90 Å². The summed E-state index contributed by atoms with van der Waals surface area (Å²) in [6, 6.07) is 9.49. The molecule has 1 aliphatic rings. The molecule has 0 aromatic heterocycles. The van der Waals surface area contributed by atoms with Gasteiger partial charge in [-0.2, -0.15) is 0 Å². The summed E-state index contributed by atoms with van der Waals surface area (Å²) < 4.78 is 0. The second-order valence-electron chi connectivity index (χ2n) is 4.73. The molecule has 0 spiro atoms. The van der Waals surface area contributed by atoms with Crippen molar-refractivity contribution in [2.24, 2.45) is 5.73 Å². The van der Waals surface area contributed by atoms with Crippen LogP contribution in [0, 0.1) is 0 Å². The number of amides is 2. The molecule has 1 atom stereocenters. The van der Waals surface area contributed by atoms with Crippen LogP contribution < -0.4 is 11.1 Å². The first kappa shape index (κ1) is 13.5. The molecule has 19 heavy (non-hydrogen) atoms. The van der Waals surface area contributed by atoms with Crippen LogP contribution in [0.15, 0.2) is 30.3 Å². The second kappa shape index (κ2) is 6.33. The Hall–Kier alpha value is -1.88. The van der Waals surface area contributed by atoms with Gasteiger partial charge >= 0.3 is 0 Å². The molecule has 2 amide bonds. The standard InChI is InChI=1S/C14H19N3O2/c15-14(19)12-10-17(9-8-16-12)13(18)7-6-11-4-2-1-3-5-11/h1-5,12,16H,6-10H2,(H2,15,19)/t12-/m1/s1. The van der Waals surface area contributed by atoms with Crippen LogP contribution >= 0.6 is 0 Å². The molecule has 5 nitrogen and oxygen atoms in total. The van der Waals surface area contributed by atoms with Gasteiger partial charge in [0.25, 0.3) is 0 Å². The number of nitrogens with one attached hydrogen (secondary N) is 1. The van der Waals surface area contributed by atoms with Crippen molar-refractivity contribution in [3.8, 4) is 0 Å². The third-order valence-corrected chi connectivity index (χ3v) is 3.34. The zero-order chi connectivity index (χ0) is 13.7. The van der Waals surface area contributed by atoms with E-state index in [2.05, 4.69) is 5.32 Å². The molecule has 0 bridgehead atoms. The predicted molar refractivity (Wildman–Crippen MR) is 72.3 cm³/mol. The lowest BCUT2D eigenvalue weighted by Crippen LogP contribution is -2.57. The quantitative estimate of drug-likeness (QED) is 0.795. The minimum atomic E-state index is -0.422. The van der Waals surface area contributed by atoms with Crippen molar-refractivity contribution in [1.82, 2.24) is 10.2 Å². The molecule has 1 aromatic carbocycles. The van der Waals surface area contributed by atoms with E-state index >= 15 is 0 Å². The van der Waals surface area contributed by atoms with Gasteiger partial charge in [0.15, 0.2) is 0 Å². The normalized spacial score (nSPS) is 19.2. The molecular weight excluding hydrogens is 242 g/mol. The van der Waals surface area contributed by atoms with E-state index in [1.165, 1.54) is 0 Å². The van der Waals surface area contributed by atoms with Crippen molar-refractivity contribution in [3.63, 3.8) is 0 Å². The molecule has 0 aliphatic carbocycles. The first-order valence-electron chi connectivity index (χ1n) is 6.51. The second-order valence-corrected chi connectivity index (χ2v) is 4.73. The fourth-order valence-electron chi connectivity index (χ4n) is 2.22. The van der Waals surface area contributed by atoms with E-state index in [9.17, 15) is 9.59 Å². The Morgan fingerprint density at radius 3 is 2.74 bits per heavy atom. The molecular formula is C14H19N3O2. The highest BCUT2D eigenvalue weighted by Gasteiger charge is 2.25. The lowest BCUT2D eigenvalue weighted by molar-refractivity contribution is -0.133. The van der Waals surface area contributed by atoms with Crippen LogP contribution in [0.5, 0.6) is 0 Å². The molecule has 102 valence electrons. The molecule has 2 rings (SSSR count). The molecule has 1 aliphatic heterocycles. The van der Waals surface area contributed by atoms with Gasteiger partial charge in [0.05, 0.1) is 0 Å². The summed E-state index contributed by atoms with van der Waals surface area (Å²) in [7, 11) is 0. The van der Waals surface area contributed by atoms with Crippen molar-refractivity contribution >= 4 is 11.8 Å². The van der Waals surface area contributed by atoms with Gasteiger partial charge in [0.1, 0.15) is 6.04 Å². The Labute approximate surface area is 112 Å². The molecule has 0 radical (unpaired) electrons. The van der Waals surface area contributed by atoms with E-state index in [0.717, 1.165) is 12.0 Å². The van der Waals surface area contributed by atoms with Gasteiger partial charge in [-0.3, -0.25) is 9.59 Å². The maximum absolute atomic E-state index is 12.1. The number of benzene rings is 1. The van der Waals surface area contributed by atoms with Crippen LogP contribution in [-0.2, 0) is 16.0 Å². The minimum absolute atomic E-state index is 0.0802. The fraction of sp³-hybridized carbons (Fsp3) is 0.429. The summed E-state index contributed by atoms with van der Waals surface area (Å²) in [4.78, 5) is 24.9. The molecule has 1 heterocycles. The van der Waals surface area contributed by atoms with Gasteiger partial charge in [0.2, 0.25) is 11.8 Å². The molecule has 0 unspecified atom stereocenters. The van der Waals surface area contributed by atoms with Crippen molar-refractivity contribution in [1.29, 1.82) is 0 Å². The number of carbonyl (C=O) groups is 2. The number of aryl methyl sites for hydroxylation is 1. The Kier molecular flexibility index (Phi) is 4.52. The number of piperazine rings is 1. The SMILES string of the molecule is NC(=O)[C@H]1CN(C(=O)CCc2ccccc2)CCN1. The molecule has 0 saturated carbocycles. The fourth-order valence-corrected chi connectivity index (χ4v) is 2.22. The number of hydrogen-bond acceptors (Lipinski definition) is 3. The Bertz CT molecular complexity index is 447. The van der Waals surface area contributed by atoms with Crippen molar-refractivity contribution < 1.29 is 9.59 Å². The minimum Gasteiger partial charge on any atom is -0.368 e. The zero-order valence-corrected chi connectivity index (χ0v) is 10.8. The first-order valence-corrected chi connectivity index (χ1v) is 6.51. The van der Waals surface area contributed by atoms with E-state index in [-0.39, 0.29) is 5.91 Å². The van der Waals surface area contributed by atoms with Crippen molar-refractivity contribution in [2.75, 3.05) is 19.6 Å². The van der Waals surface area contributed by atoms with Gasteiger partial charge in [-0.15, -0.1) is 0 Å². The largest absolute Gasteiger partial charge is 0.368 e. The third kappa shape index (κ3) is 3.79. The average molecular weight is 261 g/mol.